The molecule has 0 N–H and O–H groups in total. The highest BCUT2D eigenvalue weighted by molar-refractivity contribution is 7.08. The van der Waals surface area contributed by atoms with Gasteiger partial charge in [0.1, 0.15) is 0 Å². The third kappa shape index (κ3) is 1.50. The second kappa shape index (κ2) is 3.74. The Bertz CT molecular complexity index is 407. The van der Waals surface area contributed by atoms with E-state index in [4.69, 9.17) is 0 Å². The zero-order chi connectivity index (χ0) is 11.1. The van der Waals surface area contributed by atoms with Crippen molar-refractivity contribution in [1.29, 1.82) is 0 Å². The molecule has 2 aliphatic rings. The van der Waals surface area contributed by atoms with Crippen molar-refractivity contribution in [2.75, 3.05) is 0 Å². The fourth-order valence-electron chi connectivity index (χ4n) is 2.98. The highest BCUT2D eigenvalue weighted by Crippen LogP contribution is 2.38. The lowest BCUT2D eigenvalue weighted by atomic mass is 9.97. The minimum absolute atomic E-state index is 0.223. The van der Waals surface area contributed by atoms with Crippen LogP contribution in [0.4, 0.5) is 0 Å². The average molecular weight is 233 g/mol. The van der Waals surface area contributed by atoms with Crippen molar-refractivity contribution in [2.45, 2.75) is 37.8 Å². The summed E-state index contributed by atoms with van der Waals surface area (Å²) in [5, 5.41) is 3.92. The Morgan fingerprint density at radius 2 is 2.06 bits per heavy atom. The van der Waals surface area contributed by atoms with Crippen LogP contribution >= 0.6 is 11.3 Å². The highest BCUT2D eigenvalue weighted by atomic mass is 32.1. The van der Waals surface area contributed by atoms with Crippen molar-refractivity contribution in [3.63, 3.8) is 0 Å². The molecule has 3 heterocycles. The lowest BCUT2D eigenvalue weighted by molar-refractivity contribution is 0.0636. The first-order valence-corrected chi connectivity index (χ1v) is 6.71. The Morgan fingerprint density at radius 3 is 2.62 bits per heavy atom. The van der Waals surface area contributed by atoms with Crippen molar-refractivity contribution < 1.29 is 4.79 Å². The second-order valence-electron chi connectivity index (χ2n) is 4.77. The topological polar surface area (TPSA) is 20.3 Å². The van der Waals surface area contributed by atoms with E-state index in [0.29, 0.717) is 12.1 Å². The van der Waals surface area contributed by atoms with Crippen molar-refractivity contribution in [3.8, 4) is 0 Å². The molecule has 0 aromatic carbocycles. The van der Waals surface area contributed by atoms with Gasteiger partial charge in [-0.25, -0.2) is 0 Å². The van der Waals surface area contributed by atoms with Gasteiger partial charge in [-0.05, 0) is 37.1 Å². The fraction of sp³-hybridized carbons (Fsp3) is 0.462. The molecule has 2 bridgehead atoms. The molecule has 2 unspecified atom stereocenters. The van der Waals surface area contributed by atoms with Crippen LogP contribution in [0.25, 0.3) is 0 Å². The summed E-state index contributed by atoms with van der Waals surface area (Å²) in [7, 11) is 0. The number of hydrogen-bond acceptors (Lipinski definition) is 2. The van der Waals surface area contributed by atoms with Gasteiger partial charge < -0.3 is 4.90 Å². The maximum absolute atomic E-state index is 12.3. The van der Waals surface area contributed by atoms with Crippen LogP contribution in [0.5, 0.6) is 0 Å². The first-order chi connectivity index (χ1) is 7.75. The van der Waals surface area contributed by atoms with Gasteiger partial charge in [-0.2, -0.15) is 11.3 Å². The highest BCUT2D eigenvalue weighted by Gasteiger charge is 2.40. The summed E-state index contributed by atoms with van der Waals surface area (Å²) in [6, 6.07) is 2.76. The maximum Gasteiger partial charge on any atom is 0.255 e. The summed E-state index contributed by atoms with van der Waals surface area (Å²) in [5.41, 5.74) is 2.18. The molecule has 1 aromatic heterocycles. The van der Waals surface area contributed by atoms with E-state index < -0.39 is 0 Å². The Hall–Kier alpha value is -1.09. The minimum atomic E-state index is 0.223. The Kier molecular flexibility index (Phi) is 2.36. The van der Waals surface area contributed by atoms with Crippen molar-refractivity contribution in [3.05, 3.63) is 34.5 Å². The number of nitrogens with zero attached hydrogens (tertiary/aromatic N) is 1. The predicted octanol–water partition coefficient (Wildman–Crippen LogP) is 3.07. The van der Waals surface area contributed by atoms with Gasteiger partial charge in [0.25, 0.3) is 5.91 Å². The number of carbonyl (C=O) groups is 1. The summed E-state index contributed by atoms with van der Waals surface area (Å²) in [5.74, 6) is 0.223. The summed E-state index contributed by atoms with van der Waals surface area (Å²) in [6.45, 7) is 4.08. The van der Waals surface area contributed by atoms with Gasteiger partial charge in [-0.3, -0.25) is 4.79 Å². The van der Waals surface area contributed by atoms with E-state index in [9.17, 15) is 4.79 Å². The second-order valence-corrected chi connectivity index (χ2v) is 5.55. The van der Waals surface area contributed by atoms with Crippen LogP contribution in [0.3, 0.4) is 0 Å². The summed E-state index contributed by atoms with van der Waals surface area (Å²) in [4.78, 5) is 14.4. The molecule has 3 rings (SSSR count). The molecule has 1 amide bonds. The van der Waals surface area contributed by atoms with Gasteiger partial charge in [-0.1, -0.05) is 12.2 Å². The monoisotopic (exact) mass is 233 g/mol. The van der Waals surface area contributed by atoms with E-state index in [1.54, 1.807) is 11.3 Å². The molecule has 0 aliphatic carbocycles. The average Bonchev–Trinajstić information content (AvgIpc) is 2.85. The van der Waals surface area contributed by atoms with E-state index in [-0.39, 0.29) is 5.91 Å². The quantitative estimate of drug-likeness (QED) is 0.683. The lowest BCUT2D eigenvalue weighted by Crippen LogP contribution is -2.44. The van der Waals surface area contributed by atoms with E-state index in [0.717, 1.165) is 31.2 Å². The van der Waals surface area contributed by atoms with E-state index in [1.807, 2.05) is 16.8 Å². The van der Waals surface area contributed by atoms with E-state index in [2.05, 4.69) is 11.5 Å². The van der Waals surface area contributed by atoms with Crippen LogP contribution in [-0.4, -0.2) is 22.9 Å². The standard InChI is InChI=1S/C13H15NOS/c1-9-6-11-2-3-12(7-9)14(11)13(15)10-4-5-16-8-10/h4-5,8,11-12H,1-3,6-7H2. The van der Waals surface area contributed by atoms with Crippen LogP contribution < -0.4 is 0 Å². The largest absolute Gasteiger partial charge is 0.332 e. The molecule has 2 saturated heterocycles. The normalized spacial score (nSPS) is 28.5. The van der Waals surface area contributed by atoms with Crippen LogP contribution in [0.1, 0.15) is 36.0 Å². The number of rotatable bonds is 1. The van der Waals surface area contributed by atoms with Gasteiger partial charge in [0, 0.05) is 17.5 Å². The van der Waals surface area contributed by atoms with Crippen LogP contribution in [0.2, 0.25) is 0 Å². The summed E-state index contributed by atoms with van der Waals surface area (Å²) in [6.07, 6.45) is 4.32. The molecule has 0 saturated carbocycles. The smallest absolute Gasteiger partial charge is 0.255 e. The zero-order valence-corrected chi connectivity index (χ0v) is 10.0. The molecule has 0 radical (unpaired) electrons. The van der Waals surface area contributed by atoms with Gasteiger partial charge in [0.15, 0.2) is 0 Å². The summed E-state index contributed by atoms with van der Waals surface area (Å²) >= 11 is 1.59. The molecule has 2 nitrogen and oxygen atoms in total. The lowest BCUT2D eigenvalue weighted by Gasteiger charge is -2.35. The number of carbonyl (C=O) groups excluding carboxylic acids is 1. The zero-order valence-electron chi connectivity index (χ0n) is 9.19. The maximum atomic E-state index is 12.3. The third-order valence-electron chi connectivity index (χ3n) is 3.67. The van der Waals surface area contributed by atoms with Gasteiger partial charge >= 0.3 is 0 Å². The minimum Gasteiger partial charge on any atom is -0.332 e. The molecule has 2 fully saturated rings. The molecule has 3 heteroatoms. The Morgan fingerprint density at radius 1 is 1.38 bits per heavy atom. The fourth-order valence-corrected chi connectivity index (χ4v) is 3.61. The molecular weight excluding hydrogens is 218 g/mol. The van der Waals surface area contributed by atoms with Gasteiger partial charge in [0.05, 0.1) is 5.56 Å². The number of thiophene rings is 1. The van der Waals surface area contributed by atoms with Gasteiger partial charge in [0.2, 0.25) is 0 Å². The van der Waals surface area contributed by atoms with Crippen LogP contribution in [0.15, 0.2) is 29.0 Å². The Labute approximate surface area is 99.6 Å². The van der Waals surface area contributed by atoms with Crippen LogP contribution in [-0.2, 0) is 0 Å². The number of fused-ring (bicyclic) bond motifs is 2. The SMILES string of the molecule is C=C1CC2CCC(C1)N2C(=O)c1ccsc1. The van der Waals surface area contributed by atoms with E-state index in [1.165, 1.54) is 5.57 Å². The van der Waals surface area contributed by atoms with E-state index >= 15 is 0 Å². The molecule has 1 aromatic rings. The van der Waals surface area contributed by atoms with Crippen molar-refractivity contribution in [2.24, 2.45) is 0 Å². The number of hydrogen-bond donors (Lipinski definition) is 0. The van der Waals surface area contributed by atoms with Crippen molar-refractivity contribution >= 4 is 17.2 Å². The molecule has 84 valence electrons. The molecule has 0 spiro atoms. The predicted molar refractivity (Wildman–Crippen MR) is 65.7 cm³/mol. The molecular formula is C13H15NOS. The molecule has 16 heavy (non-hydrogen) atoms. The third-order valence-corrected chi connectivity index (χ3v) is 4.35. The molecule has 2 aliphatic heterocycles. The number of amides is 1. The Balaban J connectivity index is 1.86. The first-order valence-electron chi connectivity index (χ1n) is 5.77. The van der Waals surface area contributed by atoms with Crippen LogP contribution in [0, 0.1) is 0 Å². The van der Waals surface area contributed by atoms with Gasteiger partial charge in [-0.15, -0.1) is 0 Å². The van der Waals surface area contributed by atoms with Crippen molar-refractivity contribution in [1.82, 2.24) is 4.90 Å². The first kappa shape index (κ1) is 10.1. The number of piperidine rings is 1. The molecule has 2 atom stereocenters. The summed E-state index contributed by atoms with van der Waals surface area (Å²) < 4.78 is 0.